The van der Waals surface area contributed by atoms with E-state index in [-0.39, 0.29) is 23.0 Å². The topological polar surface area (TPSA) is 72.5 Å². The summed E-state index contributed by atoms with van der Waals surface area (Å²) in [5, 5.41) is 2.61. The van der Waals surface area contributed by atoms with E-state index >= 15 is 0 Å². The molecule has 0 unspecified atom stereocenters. The van der Waals surface area contributed by atoms with Gasteiger partial charge in [0.1, 0.15) is 5.75 Å². The molecule has 1 aliphatic heterocycles. The van der Waals surface area contributed by atoms with Crippen LogP contribution < -0.4 is 10.1 Å². The highest BCUT2D eigenvalue weighted by molar-refractivity contribution is 7.90. The van der Waals surface area contributed by atoms with Crippen LogP contribution in [0.5, 0.6) is 5.75 Å². The number of halogens is 3. The summed E-state index contributed by atoms with van der Waals surface area (Å²) in [4.78, 5) is 11.4. The number of alkyl halides is 3. The van der Waals surface area contributed by atoms with E-state index in [1.165, 1.54) is 30.3 Å². The van der Waals surface area contributed by atoms with Gasteiger partial charge in [0, 0.05) is 5.69 Å². The Kier molecular flexibility index (Phi) is 4.19. The van der Waals surface area contributed by atoms with E-state index in [2.05, 4.69) is 10.1 Å². The second-order valence-electron chi connectivity index (χ2n) is 5.49. The molecule has 9 heteroatoms. The van der Waals surface area contributed by atoms with Gasteiger partial charge in [-0.05, 0) is 41.5 Å². The van der Waals surface area contributed by atoms with Gasteiger partial charge in [-0.25, -0.2) is 8.42 Å². The Morgan fingerprint density at radius 2 is 1.76 bits per heavy atom. The Morgan fingerprint density at radius 3 is 2.40 bits per heavy atom. The summed E-state index contributed by atoms with van der Waals surface area (Å²) in [6.45, 7) is 0. The third-order valence-corrected chi connectivity index (χ3v) is 5.26. The molecule has 1 aliphatic rings. The molecule has 0 atom stereocenters. The maximum Gasteiger partial charge on any atom is 0.573 e. The van der Waals surface area contributed by atoms with Crippen LogP contribution in [0.15, 0.2) is 47.4 Å². The van der Waals surface area contributed by atoms with Crippen molar-refractivity contribution >= 4 is 21.4 Å². The van der Waals surface area contributed by atoms with Crippen LogP contribution in [0.25, 0.3) is 0 Å². The number of sulfone groups is 1. The number of nitrogens with one attached hydrogen (secondary N) is 1. The Hall–Kier alpha value is -2.55. The number of carbonyl (C=O) groups excluding carboxylic acids is 1. The van der Waals surface area contributed by atoms with Gasteiger partial charge in [-0.15, -0.1) is 13.2 Å². The van der Waals surface area contributed by atoms with Gasteiger partial charge in [0.05, 0.1) is 17.1 Å². The molecule has 0 bridgehead atoms. The lowest BCUT2D eigenvalue weighted by Crippen LogP contribution is -2.17. The van der Waals surface area contributed by atoms with E-state index in [0.29, 0.717) is 16.8 Å². The van der Waals surface area contributed by atoms with Crippen LogP contribution >= 0.6 is 0 Å². The van der Waals surface area contributed by atoms with E-state index in [9.17, 15) is 26.4 Å². The van der Waals surface area contributed by atoms with E-state index < -0.39 is 21.9 Å². The Balaban J connectivity index is 1.78. The summed E-state index contributed by atoms with van der Waals surface area (Å²) in [5.74, 6) is -1.00. The zero-order valence-corrected chi connectivity index (χ0v) is 13.4. The van der Waals surface area contributed by atoms with E-state index in [0.717, 1.165) is 12.1 Å². The van der Waals surface area contributed by atoms with Crippen LogP contribution in [0.4, 0.5) is 18.9 Å². The van der Waals surface area contributed by atoms with Crippen LogP contribution in [0.2, 0.25) is 0 Å². The van der Waals surface area contributed by atoms with Crippen molar-refractivity contribution in [3.05, 3.63) is 53.6 Å². The lowest BCUT2D eigenvalue weighted by atomic mass is 10.2. The molecule has 1 amide bonds. The summed E-state index contributed by atoms with van der Waals surface area (Å²) < 4.78 is 65.1. The molecule has 1 N–H and O–H groups in total. The first-order chi connectivity index (χ1) is 11.6. The number of rotatable bonds is 4. The van der Waals surface area contributed by atoms with E-state index in [4.69, 9.17) is 0 Å². The minimum atomic E-state index is -4.80. The van der Waals surface area contributed by atoms with Crippen LogP contribution in [0.1, 0.15) is 11.1 Å². The van der Waals surface area contributed by atoms with E-state index in [1.54, 1.807) is 0 Å². The Bertz CT molecular complexity index is 921. The number of carbonyl (C=O) groups is 1. The van der Waals surface area contributed by atoms with Crippen molar-refractivity contribution in [2.24, 2.45) is 0 Å². The minimum Gasteiger partial charge on any atom is -0.406 e. The normalized spacial score (nSPS) is 14.1. The predicted molar refractivity (Wildman–Crippen MR) is 82.8 cm³/mol. The van der Waals surface area contributed by atoms with Crippen molar-refractivity contribution in [3.8, 4) is 5.75 Å². The quantitative estimate of drug-likeness (QED) is 0.897. The molecule has 0 fully saturated rings. The van der Waals surface area contributed by atoms with Crippen molar-refractivity contribution in [1.29, 1.82) is 0 Å². The molecule has 25 heavy (non-hydrogen) atoms. The Labute approximate surface area is 141 Å². The average molecular weight is 371 g/mol. The fourth-order valence-electron chi connectivity index (χ4n) is 2.49. The van der Waals surface area contributed by atoms with Crippen LogP contribution in [0, 0.1) is 0 Å². The van der Waals surface area contributed by atoms with Crippen molar-refractivity contribution in [1.82, 2.24) is 0 Å². The molecule has 3 rings (SSSR count). The number of anilines is 1. The zero-order valence-electron chi connectivity index (χ0n) is 12.6. The van der Waals surface area contributed by atoms with Crippen molar-refractivity contribution in [3.63, 3.8) is 0 Å². The second kappa shape index (κ2) is 6.07. The smallest absolute Gasteiger partial charge is 0.406 e. The van der Waals surface area contributed by atoms with Gasteiger partial charge in [-0.2, -0.15) is 0 Å². The molecule has 0 spiro atoms. The lowest BCUT2D eigenvalue weighted by Gasteiger charge is -2.10. The van der Waals surface area contributed by atoms with Gasteiger partial charge in [-0.3, -0.25) is 4.79 Å². The summed E-state index contributed by atoms with van der Waals surface area (Å²) >= 11 is 0. The summed E-state index contributed by atoms with van der Waals surface area (Å²) in [5.41, 5.74) is 1.50. The average Bonchev–Trinajstić information content (AvgIpc) is 2.86. The first-order valence-electron chi connectivity index (χ1n) is 7.13. The molecule has 0 aliphatic carbocycles. The van der Waals surface area contributed by atoms with Gasteiger partial charge < -0.3 is 10.1 Å². The lowest BCUT2D eigenvalue weighted by molar-refractivity contribution is -0.274. The van der Waals surface area contributed by atoms with Crippen molar-refractivity contribution in [2.75, 3.05) is 5.32 Å². The summed E-state index contributed by atoms with van der Waals surface area (Å²) in [7, 11) is -3.70. The maximum absolute atomic E-state index is 12.5. The molecule has 0 aromatic heterocycles. The molecular weight excluding hydrogens is 359 g/mol. The van der Waals surface area contributed by atoms with Crippen molar-refractivity contribution in [2.45, 2.75) is 23.4 Å². The molecule has 0 radical (unpaired) electrons. The van der Waals surface area contributed by atoms with Gasteiger partial charge >= 0.3 is 6.36 Å². The summed E-state index contributed by atoms with van der Waals surface area (Å²) in [6.07, 6.45) is -4.69. The zero-order chi connectivity index (χ0) is 18.2. The van der Waals surface area contributed by atoms with Crippen LogP contribution in [-0.2, 0) is 26.8 Å². The number of hydrogen-bond acceptors (Lipinski definition) is 4. The fourth-order valence-corrected chi connectivity index (χ4v) is 3.88. The third-order valence-electron chi connectivity index (χ3n) is 3.57. The molecule has 2 aromatic carbocycles. The van der Waals surface area contributed by atoms with Gasteiger partial charge in [-0.1, -0.05) is 12.1 Å². The first-order valence-corrected chi connectivity index (χ1v) is 8.78. The number of fused-ring (bicyclic) bond motifs is 1. The first kappa shape index (κ1) is 17.3. The minimum absolute atomic E-state index is 0.0540. The van der Waals surface area contributed by atoms with E-state index in [1.807, 2.05) is 0 Å². The summed E-state index contributed by atoms with van der Waals surface area (Å²) in [6, 6.07) is 8.99. The predicted octanol–water partition coefficient (Wildman–Crippen LogP) is 3.05. The van der Waals surface area contributed by atoms with Gasteiger partial charge in [0.15, 0.2) is 9.84 Å². The second-order valence-corrected chi connectivity index (χ2v) is 7.48. The molecule has 0 saturated heterocycles. The standard InChI is InChI=1S/C16H12F3NO4S/c17-16(18,19)24-12-3-1-10(2-4-12)9-25(22,23)13-5-6-14-11(7-13)8-15(21)20-14/h1-7H,8-9H2,(H,20,21). The number of ether oxygens (including phenoxy) is 1. The maximum atomic E-state index is 12.5. The largest absolute Gasteiger partial charge is 0.573 e. The monoisotopic (exact) mass is 371 g/mol. The molecular formula is C16H12F3NO4S. The molecule has 2 aromatic rings. The number of benzene rings is 2. The number of hydrogen-bond donors (Lipinski definition) is 1. The van der Waals surface area contributed by atoms with Gasteiger partial charge in [0.25, 0.3) is 0 Å². The van der Waals surface area contributed by atoms with Gasteiger partial charge in [0.2, 0.25) is 5.91 Å². The Morgan fingerprint density at radius 1 is 1.08 bits per heavy atom. The molecule has 132 valence electrons. The highest BCUT2D eigenvalue weighted by Gasteiger charge is 2.31. The highest BCUT2D eigenvalue weighted by atomic mass is 32.2. The van der Waals surface area contributed by atoms with Crippen molar-refractivity contribution < 1.29 is 31.1 Å². The SMILES string of the molecule is O=C1Cc2cc(S(=O)(=O)Cc3ccc(OC(F)(F)F)cc3)ccc2N1. The molecule has 1 heterocycles. The fraction of sp³-hybridized carbons (Fsp3) is 0.188. The highest BCUT2D eigenvalue weighted by Crippen LogP contribution is 2.28. The van der Waals surface area contributed by atoms with Crippen LogP contribution in [0.3, 0.4) is 0 Å². The number of amides is 1. The van der Waals surface area contributed by atoms with Crippen LogP contribution in [-0.4, -0.2) is 20.7 Å². The molecule has 5 nitrogen and oxygen atoms in total. The molecule has 0 saturated carbocycles. The third kappa shape index (κ3) is 4.11.